The second-order valence-electron chi connectivity index (χ2n) is 9.50. The molecule has 1 aromatic carbocycles. The molecule has 1 aromatic rings. The van der Waals surface area contributed by atoms with Gasteiger partial charge in [-0.2, -0.15) is 0 Å². The van der Waals surface area contributed by atoms with Crippen LogP contribution in [0.3, 0.4) is 0 Å². The third-order valence-corrected chi connectivity index (χ3v) is 8.02. The molecule has 30 heavy (non-hydrogen) atoms. The minimum Gasteiger partial charge on any atom is -0.497 e. The summed E-state index contributed by atoms with van der Waals surface area (Å²) in [5.74, 6) is 2.40. The van der Waals surface area contributed by atoms with E-state index in [1.807, 2.05) is 0 Å². The van der Waals surface area contributed by atoms with Gasteiger partial charge >= 0.3 is 0 Å². The molecular formula is C23H35Cl2N3O2. The van der Waals surface area contributed by atoms with Crippen molar-refractivity contribution in [3.63, 3.8) is 0 Å². The number of hydrogen-bond donors (Lipinski definition) is 1. The summed E-state index contributed by atoms with van der Waals surface area (Å²) < 4.78 is 5.36. The van der Waals surface area contributed by atoms with Crippen molar-refractivity contribution in [3.05, 3.63) is 29.8 Å². The SMILES string of the molecule is COc1ccc([C@@H]2CN(C(=O)C3(C)CCNCC3)[C@@H]3C4CCN(CC4)[C@@H]32)cc1.Cl.Cl. The first kappa shape index (κ1) is 23.6. The highest BCUT2D eigenvalue weighted by atomic mass is 35.5. The zero-order valence-corrected chi connectivity index (χ0v) is 19.6. The number of piperidine rings is 4. The molecule has 5 nitrogen and oxygen atoms in total. The Hall–Kier alpha value is -1.01. The topological polar surface area (TPSA) is 44.8 Å². The monoisotopic (exact) mass is 455 g/mol. The Morgan fingerprint density at radius 3 is 2.30 bits per heavy atom. The van der Waals surface area contributed by atoms with Gasteiger partial charge < -0.3 is 15.0 Å². The first-order valence-corrected chi connectivity index (χ1v) is 11.0. The Balaban J connectivity index is 0.00000128. The number of methoxy groups -OCH3 is 1. The molecule has 0 saturated carbocycles. The second-order valence-corrected chi connectivity index (χ2v) is 9.50. The van der Waals surface area contributed by atoms with Crippen molar-refractivity contribution in [2.45, 2.75) is 50.6 Å². The van der Waals surface area contributed by atoms with Crippen LogP contribution in [0, 0.1) is 11.3 Å². The van der Waals surface area contributed by atoms with E-state index in [0.29, 0.717) is 29.8 Å². The zero-order valence-electron chi connectivity index (χ0n) is 18.0. The highest BCUT2D eigenvalue weighted by Crippen LogP contribution is 2.48. The molecule has 7 heteroatoms. The summed E-state index contributed by atoms with van der Waals surface area (Å²) in [5, 5.41) is 3.42. The second kappa shape index (κ2) is 9.23. The number of likely N-dealkylation sites (tertiary alicyclic amines) is 1. The van der Waals surface area contributed by atoms with E-state index < -0.39 is 0 Å². The Morgan fingerprint density at radius 2 is 1.70 bits per heavy atom. The van der Waals surface area contributed by atoms with Gasteiger partial charge in [0, 0.05) is 23.9 Å². The molecule has 0 unspecified atom stereocenters. The minimum absolute atomic E-state index is 0. The van der Waals surface area contributed by atoms with Crippen LogP contribution < -0.4 is 10.1 Å². The van der Waals surface area contributed by atoms with Gasteiger partial charge in [-0.25, -0.2) is 0 Å². The van der Waals surface area contributed by atoms with E-state index in [4.69, 9.17) is 4.74 Å². The molecule has 5 saturated heterocycles. The summed E-state index contributed by atoms with van der Waals surface area (Å²) in [6.45, 7) is 7.39. The van der Waals surface area contributed by atoms with Crippen molar-refractivity contribution in [3.8, 4) is 5.75 Å². The molecule has 5 aliphatic rings. The molecule has 0 spiro atoms. The number of ether oxygens (including phenoxy) is 1. The molecule has 5 aliphatic heterocycles. The summed E-state index contributed by atoms with van der Waals surface area (Å²) in [7, 11) is 1.71. The van der Waals surface area contributed by atoms with Crippen molar-refractivity contribution in [1.82, 2.24) is 15.1 Å². The van der Waals surface area contributed by atoms with Gasteiger partial charge in [0.1, 0.15) is 5.75 Å². The predicted octanol–water partition coefficient (Wildman–Crippen LogP) is 3.32. The third-order valence-electron chi connectivity index (χ3n) is 8.02. The lowest BCUT2D eigenvalue weighted by atomic mass is 9.74. The van der Waals surface area contributed by atoms with Crippen molar-refractivity contribution in [1.29, 1.82) is 0 Å². The molecule has 1 N–H and O–H groups in total. The van der Waals surface area contributed by atoms with Crippen LogP contribution in [-0.4, -0.2) is 67.6 Å². The normalized spacial score (nSPS) is 33.8. The van der Waals surface area contributed by atoms with Gasteiger partial charge in [-0.3, -0.25) is 9.69 Å². The Kier molecular flexibility index (Phi) is 7.28. The van der Waals surface area contributed by atoms with Crippen LogP contribution in [-0.2, 0) is 4.79 Å². The van der Waals surface area contributed by atoms with Gasteiger partial charge in [-0.05, 0) is 75.5 Å². The summed E-state index contributed by atoms with van der Waals surface area (Å²) in [6.07, 6.45) is 4.42. The number of nitrogens with zero attached hydrogens (tertiary/aromatic N) is 2. The Labute approximate surface area is 192 Å². The van der Waals surface area contributed by atoms with Crippen LogP contribution in [0.4, 0.5) is 0 Å². The first-order chi connectivity index (χ1) is 13.6. The molecule has 6 rings (SSSR count). The lowest BCUT2D eigenvalue weighted by Crippen LogP contribution is -2.62. The summed E-state index contributed by atoms with van der Waals surface area (Å²) >= 11 is 0. The van der Waals surface area contributed by atoms with Gasteiger partial charge in [-0.1, -0.05) is 19.1 Å². The highest BCUT2D eigenvalue weighted by molar-refractivity contribution is 5.85. The van der Waals surface area contributed by atoms with E-state index in [1.165, 1.54) is 31.5 Å². The van der Waals surface area contributed by atoms with Crippen molar-refractivity contribution >= 4 is 30.7 Å². The predicted molar refractivity (Wildman–Crippen MR) is 124 cm³/mol. The quantitative estimate of drug-likeness (QED) is 0.758. The third kappa shape index (κ3) is 3.83. The maximum Gasteiger partial charge on any atom is 0.228 e. The smallest absolute Gasteiger partial charge is 0.228 e. The van der Waals surface area contributed by atoms with Crippen LogP contribution in [0.2, 0.25) is 0 Å². The fourth-order valence-corrected chi connectivity index (χ4v) is 6.34. The molecule has 0 aromatic heterocycles. The lowest BCUT2D eigenvalue weighted by molar-refractivity contribution is -0.147. The van der Waals surface area contributed by atoms with Gasteiger partial charge in [0.15, 0.2) is 0 Å². The van der Waals surface area contributed by atoms with E-state index in [2.05, 4.69) is 46.3 Å². The number of carbonyl (C=O) groups excluding carboxylic acids is 1. The molecule has 0 radical (unpaired) electrons. The number of benzene rings is 1. The minimum atomic E-state index is -0.198. The average Bonchev–Trinajstić information content (AvgIpc) is 3.17. The standard InChI is InChI=1S/C23H33N3O2.2ClH/c1-23(9-11-24-12-10-23)22(27)26-15-19(16-3-5-18(28-2)6-4-16)21-20(26)17-7-13-25(21)14-8-17;;/h3-6,17,19-21,24H,7-15H2,1-2H3;2*1H/t19-,20+,21+;;/m0../s1. The molecule has 168 valence electrons. The number of nitrogens with one attached hydrogen (secondary N) is 1. The van der Waals surface area contributed by atoms with Crippen molar-refractivity contribution in [2.75, 3.05) is 39.8 Å². The number of halogens is 2. The maximum absolute atomic E-state index is 13.8. The maximum atomic E-state index is 13.8. The zero-order chi connectivity index (χ0) is 19.3. The number of amides is 1. The van der Waals surface area contributed by atoms with E-state index in [1.54, 1.807) is 7.11 Å². The number of carbonyl (C=O) groups is 1. The fraction of sp³-hybridized carbons (Fsp3) is 0.696. The van der Waals surface area contributed by atoms with E-state index in [0.717, 1.165) is 38.2 Å². The summed E-state index contributed by atoms with van der Waals surface area (Å²) in [4.78, 5) is 18.8. The van der Waals surface area contributed by atoms with Crippen LogP contribution in [0.5, 0.6) is 5.75 Å². The molecule has 2 bridgehead atoms. The van der Waals surface area contributed by atoms with Crippen molar-refractivity contribution < 1.29 is 9.53 Å². The Bertz CT molecular complexity index is 730. The van der Waals surface area contributed by atoms with E-state index in [9.17, 15) is 4.79 Å². The fourth-order valence-electron chi connectivity index (χ4n) is 6.34. The van der Waals surface area contributed by atoms with E-state index >= 15 is 0 Å². The van der Waals surface area contributed by atoms with Gasteiger partial charge in [0.05, 0.1) is 13.2 Å². The number of fused-ring (bicyclic) bond motifs is 2. The Morgan fingerprint density at radius 1 is 1.07 bits per heavy atom. The van der Waals surface area contributed by atoms with Crippen LogP contribution >= 0.6 is 24.8 Å². The van der Waals surface area contributed by atoms with Crippen LogP contribution in [0.1, 0.15) is 44.1 Å². The van der Waals surface area contributed by atoms with Crippen molar-refractivity contribution in [2.24, 2.45) is 11.3 Å². The molecule has 5 heterocycles. The largest absolute Gasteiger partial charge is 0.497 e. The van der Waals surface area contributed by atoms with Gasteiger partial charge in [0.25, 0.3) is 0 Å². The van der Waals surface area contributed by atoms with Crippen LogP contribution in [0.25, 0.3) is 0 Å². The molecule has 5 fully saturated rings. The van der Waals surface area contributed by atoms with Crippen LogP contribution in [0.15, 0.2) is 24.3 Å². The summed E-state index contributed by atoms with van der Waals surface area (Å²) in [5.41, 5.74) is 1.16. The highest BCUT2D eigenvalue weighted by Gasteiger charge is 2.56. The number of hydrogen-bond acceptors (Lipinski definition) is 4. The lowest BCUT2D eigenvalue weighted by Gasteiger charge is -2.52. The van der Waals surface area contributed by atoms with E-state index in [-0.39, 0.29) is 30.2 Å². The van der Waals surface area contributed by atoms with Gasteiger partial charge in [-0.15, -0.1) is 24.8 Å². The molecule has 3 atom stereocenters. The molecule has 1 amide bonds. The summed E-state index contributed by atoms with van der Waals surface area (Å²) in [6, 6.07) is 9.44. The van der Waals surface area contributed by atoms with Gasteiger partial charge in [0.2, 0.25) is 5.91 Å². The average molecular weight is 456 g/mol. The molecule has 0 aliphatic carbocycles. The number of rotatable bonds is 3. The molecular weight excluding hydrogens is 421 g/mol. The first-order valence-electron chi connectivity index (χ1n) is 11.0.